The van der Waals surface area contributed by atoms with Crippen molar-refractivity contribution in [2.24, 2.45) is 0 Å². The van der Waals surface area contributed by atoms with Crippen molar-refractivity contribution in [3.8, 4) is 11.5 Å². The van der Waals surface area contributed by atoms with E-state index >= 15 is 0 Å². The average Bonchev–Trinajstić information content (AvgIpc) is 2.55. The zero-order valence-corrected chi connectivity index (χ0v) is 13.5. The normalized spacial score (nSPS) is 10.5. The zero-order valence-electron chi connectivity index (χ0n) is 11.9. The van der Waals surface area contributed by atoms with Crippen LogP contribution in [-0.2, 0) is 4.74 Å². The van der Waals surface area contributed by atoms with Gasteiger partial charge in [0.2, 0.25) is 0 Å². The fourth-order valence-corrected chi connectivity index (χ4v) is 2.58. The average molecular weight is 357 g/mol. The van der Waals surface area contributed by atoms with Crippen LogP contribution in [0.5, 0.6) is 11.5 Å². The van der Waals surface area contributed by atoms with Gasteiger partial charge < -0.3 is 9.47 Å². The molecule has 4 heteroatoms. The van der Waals surface area contributed by atoms with Crippen molar-refractivity contribution in [1.29, 1.82) is 0 Å². The molecule has 0 unspecified atom stereocenters. The van der Waals surface area contributed by atoms with Gasteiger partial charge in [-0.1, -0.05) is 46.3 Å². The highest BCUT2D eigenvalue weighted by atomic mass is 79.9. The van der Waals surface area contributed by atoms with Crippen LogP contribution in [0.2, 0.25) is 0 Å². The number of carbonyl (C=O) groups is 1. The molecule has 0 aliphatic rings. The Morgan fingerprint density at radius 2 is 1.73 bits per heavy atom. The molecule has 0 amide bonds. The zero-order chi connectivity index (χ0) is 15.5. The highest BCUT2D eigenvalue weighted by Gasteiger charge is 2.14. The lowest BCUT2D eigenvalue weighted by molar-refractivity contribution is 0.0598. The van der Waals surface area contributed by atoms with Crippen LogP contribution in [-0.4, -0.2) is 13.1 Å². The summed E-state index contributed by atoms with van der Waals surface area (Å²) in [5.74, 6) is 0.702. The van der Waals surface area contributed by atoms with Crippen LogP contribution in [0.3, 0.4) is 0 Å². The van der Waals surface area contributed by atoms with Crippen LogP contribution in [0.1, 0.15) is 10.4 Å². The van der Waals surface area contributed by atoms with E-state index in [1.807, 2.05) is 48.5 Å². The minimum atomic E-state index is -0.433. The van der Waals surface area contributed by atoms with Gasteiger partial charge in [-0.2, -0.15) is 0 Å². The summed E-state index contributed by atoms with van der Waals surface area (Å²) in [4.78, 5) is 11.9. The van der Waals surface area contributed by atoms with E-state index in [0.29, 0.717) is 17.1 Å². The Balaban J connectivity index is 1.99. The van der Waals surface area contributed by atoms with Crippen LogP contribution in [0.15, 0.2) is 65.1 Å². The number of ether oxygens (including phenoxy) is 2. The molecule has 110 valence electrons. The Hall–Kier alpha value is -2.33. The molecule has 0 heterocycles. The number of hydrogen-bond acceptors (Lipinski definition) is 3. The van der Waals surface area contributed by atoms with Gasteiger partial charge in [-0.25, -0.2) is 4.79 Å². The van der Waals surface area contributed by atoms with E-state index in [2.05, 4.69) is 15.9 Å². The number of hydrogen-bond donors (Lipinski definition) is 0. The third-order valence-electron chi connectivity index (χ3n) is 3.30. The molecule has 3 rings (SSSR count). The van der Waals surface area contributed by atoms with Gasteiger partial charge >= 0.3 is 5.97 Å². The maximum absolute atomic E-state index is 11.9. The Labute approximate surface area is 136 Å². The number of fused-ring (bicyclic) bond motifs is 1. The van der Waals surface area contributed by atoms with Gasteiger partial charge in [0.1, 0.15) is 17.1 Å². The SMILES string of the molecule is COC(=O)c1cc(Br)ccc1Oc1ccc2ccccc2c1. The number of benzene rings is 3. The fourth-order valence-electron chi connectivity index (χ4n) is 2.22. The molecular formula is C18H13BrO3. The van der Waals surface area contributed by atoms with Crippen molar-refractivity contribution >= 4 is 32.7 Å². The predicted molar refractivity (Wildman–Crippen MR) is 89.5 cm³/mol. The summed E-state index contributed by atoms with van der Waals surface area (Å²) in [7, 11) is 1.35. The Bertz CT molecular complexity index is 843. The second-order valence-electron chi connectivity index (χ2n) is 4.74. The lowest BCUT2D eigenvalue weighted by Gasteiger charge is -2.11. The van der Waals surface area contributed by atoms with E-state index in [4.69, 9.17) is 9.47 Å². The maximum Gasteiger partial charge on any atom is 0.341 e. The molecule has 3 aromatic rings. The molecule has 0 aliphatic heterocycles. The highest BCUT2D eigenvalue weighted by molar-refractivity contribution is 9.10. The molecule has 22 heavy (non-hydrogen) atoms. The highest BCUT2D eigenvalue weighted by Crippen LogP contribution is 2.30. The molecule has 0 aliphatic carbocycles. The smallest absolute Gasteiger partial charge is 0.341 e. The second-order valence-corrected chi connectivity index (χ2v) is 5.66. The predicted octanol–water partition coefficient (Wildman–Crippen LogP) is 5.18. The molecular weight excluding hydrogens is 344 g/mol. The molecule has 0 N–H and O–H groups in total. The van der Waals surface area contributed by atoms with Gasteiger partial charge in [-0.05, 0) is 41.1 Å². The Kier molecular flexibility index (Phi) is 4.11. The van der Waals surface area contributed by atoms with E-state index < -0.39 is 5.97 Å². The van der Waals surface area contributed by atoms with Gasteiger partial charge in [0.05, 0.1) is 7.11 Å². The number of methoxy groups -OCH3 is 1. The first kappa shape index (κ1) is 14.6. The summed E-state index contributed by atoms with van der Waals surface area (Å²) in [5.41, 5.74) is 0.380. The van der Waals surface area contributed by atoms with Crippen molar-refractivity contribution in [3.05, 3.63) is 70.7 Å². The first-order chi connectivity index (χ1) is 10.7. The van der Waals surface area contributed by atoms with Crippen molar-refractivity contribution in [2.75, 3.05) is 7.11 Å². The first-order valence-electron chi connectivity index (χ1n) is 6.72. The summed E-state index contributed by atoms with van der Waals surface area (Å²) in [6.45, 7) is 0. The third kappa shape index (κ3) is 2.97. The molecule has 3 aromatic carbocycles. The van der Waals surface area contributed by atoms with Crippen LogP contribution >= 0.6 is 15.9 Å². The number of carbonyl (C=O) groups excluding carboxylic acids is 1. The summed E-state index contributed by atoms with van der Waals surface area (Å²) >= 11 is 3.35. The van der Waals surface area contributed by atoms with Crippen LogP contribution in [0.4, 0.5) is 0 Å². The minimum absolute atomic E-state index is 0.380. The summed E-state index contributed by atoms with van der Waals surface area (Å²) in [5, 5.41) is 2.22. The van der Waals surface area contributed by atoms with E-state index in [0.717, 1.165) is 15.2 Å². The molecule has 0 fully saturated rings. The second kappa shape index (κ2) is 6.20. The summed E-state index contributed by atoms with van der Waals surface area (Å²) in [6, 6.07) is 19.1. The van der Waals surface area contributed by atoms with Crippen molar-refractivity contribution in [2.45, 2.75) is 0 Å². The van der Waals surface area contributed by atoms with Gasteiger partial charge in [-0.3, -0.25) is 0 Å². The van der Waals surface area contributed by atoms with Gasteiger partial charge in [-0.15, -0.1) is 0 Å². The lowest BCUT2D eigenvalue weighted by Crippen LogP contribution is -2.03. The van der Waals surface area contributed by atoms with Gasteiger partial charge in [0.25, 0.3) is 0 Å². The van der Waals surface area contributed by atoms with E-state index in [1.54, 1.807) is 12.1 Å². The first-order valence-corrected chi connectivity index (χ1v) is 7.51. The number of halogens is 1. The molecule has 0 saturated heterocycles. The van der Waals surface area contributed by atoms with Crippen molar-refractivity contribution < 1.29 is 14.3 Å². The molecule has 0 atom stereocenters. The Morgan fingerprint density at radius 1 is 0.955 bits per heavy atom. The summed E-state index contributed by atoms with van der Waals surface area (Å²) in [6.07, 6.45) is 0. The molecule has 3 nitrogen and oxygen atoms in total. The fraction of sp³-hybridized carbons (Fsp3) is 0.0556. The maximum atomic E-state index is 11.9. The number of rotatable bonds is 3. The topological polar surface area (TPSA) is 35.5 Å². The largest absolute Gasteiger partial charge is 0.465 e. The quantitative estimate of drug-likeness (QED) is 0.606. The standard InChI is InChI=1S/C18H13BrO3/c1-21-18(20)16-11-14(19)7-9-17(16)22-15-8-6-12-4-2-3-5-13(12)10-15/h2-11H,1H3. The van der Waals surface area contributed by atoms with Gasteiger partial charge in [0, 0.05) is 4.47 Å². The molecule has 0 spiro atoms. The van der Waals surface area contributed by atoms with Crippen LogP contribution < -0.4 is 4.74 Å². The van der Waals surface area contributed by atoms with Crippen LogP contribution in [0.25, 0.3) is 10.8 Å². The molecule has 0 aromatic heterocycles. The minimum Gasteiger partial charge on any atom is -0.465 e. The van der Waals surface area contributed by atoms with Crippen molar-refractivity contribution in [3.63, 3.8) is 0 Å². The van der Waals surface area contributed by atoms with Crippen LogP contribution in [0, 0.1) is 0 Å². The Morgan fingerprint density at radius 3 is 2.50 bits per heavy atom. The molecule has 0 radical (unpaired) electrons. The van der Waals surface area contributed by atoms with E-state index in [1.165, 1.54) is 7.11 Å². The van der Waals surface area contributed by atoms with Gasteiger partial charge in [0.15, 0.2) is 0 Å². The molecule has 0 saturated carbocycles. The number of esters is 1. The monoisotopic (exact) mass is 356 g/mol. The van der Waals surface area contributed by atoms with E-state index in [9.17, 15) is 4.79 Å². The molecule has 0 bridgehead atoms. The van der Waals surface area contributed by atoms with E-state index in [-0.39, 0.29) is 0 Å². The lowest BCUT2D eigenvalue weighted by atomic mass is 10.1. The summed E-state index contributed by atoms with van der Waals surface area (Å²) < 4.78 is 11.5. The van der Waals surface area contributed by atoms with Crippen molar-refractivity contribution in [1.82, 2.24) is 0 Å². The third-order valence-corrected chi connectivity index (χ3v) is 3.79.